The number of nitrogens with one attached hydrogen (secondary N) is 2. The molecule has 256 valence electrons. The van der Waals surface area contributed by atoms with Gasteiger partial charge in [0.15, 0.2) is 0 Å². The molecule has 2 saturated heterocycles. The van der Waals surface area contributed by atoms with Crippen molar-refractivity contribution in [3.8, 4) is 16.9 Å². The third-order valence-electron chi connectivity index (χ3n) is 9.03. The summed E-state index contributed by atoms with van der Waals surface area (Å²) in [5.41, 5.74) is 4.42. The molecule has 2 aliphatic rings. The molecule has 2 aromatic carbocycles. The number of aryl methyl sites for hydroxylation is 1. The van der Waals surface area contributed by atoms with E-state index >= 15 is 0 Å². The number of nitrogens with zero attached hydrogens (tertiary/aromatic N) is 4. The van der Waals surface area contributed by atoms with Gasteiger partial charge in [-0.2, -0.15) is 0 Å². The van der Waals surface area contributed by atoms with Gasteiger partial charge in [0.25, 0.3) is 0 Å². The molecule has 0 spiro atoms. The first kappa shape index (κ1) is 34.5. The van der Waals surface area contributed by atoms with E-state index in [1.54, 1.807) is 12.1 Å². The summed E-state index contributed by atoms with van der Waals surface area (Å²) >= 11 is 12.8. The third kappa shape index (κ3) is 8.81. The van der Waals surface area contributed by atoms with Crippen LogP contribution in [0.1, 0.15) is 30.4 Å². The molecule has 0 saturated carbocycles. The van der Waals surface area contributed by atoms with Crippen LogP contribution in [0.15, 0.2) is 60.9 Å². The van der Waals surface area contributed by atoms with Crippen LogP contribution in [-0.2, 0) is 24.4 Å². The average Bonchev–Trinajstić information content (AvgIpc) is 3.43. The molecular formula is C35H39Cl2F3N6O2. The minimum absolute atomic E-state index is 0.00554. The number of halogens is 5. The van der Waals surface area contributed by atoms with E-state index in [0.29, 0.717) is 49.2 Å². The van der Waals surface area contributed by atoms with Crippen LogP contribution in [0, 0.1) is 5.92 Å². The summed E-state index contributed by atoms with van der Waals surface area (Å²) in [5, 5.41) is 8.62. The second kappa shape index (κ2) is 15.5. The van der Waals surface area contributed by atoms with Crippen LogP contribution >= 0.6 is 23.2 Å². The molecule has 0 radical (unpaired) electrons. The number of carbonyl (C=O) groups excluding carboxylic acids is 1. The third-order valence-corrected chi connectivity index (χ3v) is 9.73. The quantitative estimate of drug-likeness (QED) is 0.169. The highest BCUT2D eigenvalue weighted by Crippen LogP contribution is 2.33. The molecule has 6 rings (SSSR count). The van der Waals surface area contributed by atoms with Crippen molar-refractivity contribution < 1.29 is 22.7 Å². The number of aromatic nitrogens is 2. The van der Waals surface area contributed by atoms with E-state index in [1.165, 1.54) is 12.1 Å². The van der Waals surface area contributed by atoms with Crippen molar-refractivity contribution in [2.45, 2.75) is 45.3 Å². The fraction of sp³-hybridized carbons (Fsp3) is 0.429. The van der Waals surface area contributed by atoms with Crippen LogP contribution in [0.25, 0.3) is 22.2 Å². The maximum absolute atomic E-state index is 12.8. The van der Waals surface area contributed by atoms with E-state index in [4.69, 9.17) is 28.2 Å². The fourth-order valence-corrected chi connectivity index (χ4v) is 7.01. The second-order valence-corrected chi connectivity index (χ2v) is 13.3. The zero-order chi connectivity index (χ0) is 33.7. The van der Waals surface area contributed by atoms with E-state index < -0.39 is 6.36 Å². The van der Waals surface area contributed by atoms with Crippen molar-refractivity contribution in [3.63, 3.8) is 0 Å². The normalized spacial score (nSPS) is 17.9. The van der Waals surface area contributed by atoms with Crippen LogP contribution < -0.4 is 15.4 Å². The molecule has 8 nitrogen and oxygen atoms in total. The van der Waals surface area contributed by atoms with Gasteiger partial charge in [-0.3, -0.25) is 14.6 Å². The summed E-state index contributed by atoms with van der Waals surface area (Å²) < 4.78 is 44.5. The maximum Gasteiger partial charge on any atom is 0.573 e. The molecule has 0 bridgehead atoms. The summed E-state index contributed by atoms with van der Waals surface area (Å²) in [5.74, 6) is -0.183. The molecule has 48 heavy (non-hydrogen) atoms. The predicted octanol–water partition coefficient (Wildman–Crippen LogP) is 6.73. The van der Waals surface area contributed by atoms with Gasteiger partial charge in [0, 0.05) is 97.9 Å². The van der Waals surface area contributed by atoms with Crippen molar-refractivity contribution in [1.82, 2.24) is 30.0 Å². The summed E-state index contributed by atoms with van der Waals surface area (Å²) in [4.78, 5) is 22.2. The van der Waals surface area contributed by atoms with Crippen molar-refractivity contribution in [2.24, 2.45) is 5.92 Å². The Morgan fingerprint density at radius 2 is 1.73 bits per heavy atom. The van der Waals surface area contributed by atoms with Gasteiger partial charge in [0.05, 0.1) is 5.92 Å². The minimum atomic E-state index is -4.76. The number of alkyl halides is 3. The minimum Gasteiger partial charge on any atom is -0.406 e. The number of piperazine rings is 1. The van der Waals surface area contributed by atoms with Crippen LogP contribution in [-0.4, -0.2) is 77.4 Å². The lowest BCUT2D eigenvalue weighted by Gasteiger charge is -2.35. The van der Waals surface area contributed by atoms with E-state index in [9.17, 15) is 18.0 Å². The summed E-state index contributed by atoms with van der Waals surface area (Å²) in [6.45, 7) is 7.74. The van der Waals surface area contributed by atoms with Crippen molar-refractivity contribution >= 4 is 40.1 Å². The van der Waals surface area contributed by atoms with Crippen molar-refractivity contribution in [1.29, 1.82) is 0 Å². The number of hydrogen-bond donors (Lipinski definition) is 2. The van der Waals surface area contributed by atoms with Crippen LogP contribution in [0.2, 0.25) is 10.0 Å². The highest BCUT2D eigenvalue weighted by atomic mass is 35.5. The number of pyridine rings is 1. The van der Waals surface area contributed by atoms with Gasteiger partial charge in [-0.05, 0) is 67.3 Å². The molecular weight excluding hydrogens is 664 g/mol. The number of benzene rings is 2. The van der Waals surface area contributed by atoms with Crippen molar-refractivity contribution in [2.75, 3.05) is 45.8 Å². The van der Waals surface area contributed by atoms with Gasteiger partial charge in [-0.25, -0.2) is 4.98 Å². The first-order valence-corrected chi connectivity index (χ1v) is 17.1. The Morgan fingerprint density at radius 1 is 1.02 bits per heavy atom. The lowest BCUT2D eigenvalue weighted by atomic mass is 9.99. The van der Waals surface area contributed by atoms with E-state index in [-0.39, 0.29) is 17.6 Å². The molecule has 2 aliphatic heterocycles. The van der Waals surface area contributed by atoms with E-state index in [0.717, 1.165) is 78.9 Å². The number of fused-ring (bicyclic) bond motifs is 1. The monoisotopic (exact) mass is 702 g/mol. The number of carbonyl (C=O) groups is 1. The Kier molecular flexibility index (Phi) is 11.1. The first-order valence-electron chi connectivity index (χ1n) is 16.3. The number of piperidine rings is 1. The molecule has 4 heterocycles. The van der Waals surface area contributed by atoms with E-state index in [2.05, 4.69) is 35.8 Å². The fourth-order valence-electron chi connectivity index (χ4n) is 6.49. The summed E-state index contributed by atoms with van der Waals surface area (Å²) in [6, 6.07) is 13.6. The zero-order valence-corrected chi connectivity index (χ0v) is 28.1. The van der Waals surface area contributed by atoms with Crippen LogP contribution in [0.3, 0.4) is 0 Å². The molecule has 1 amide bonds. The summed E-state index contributed by atoms with van der Waals surface area (Å²) in [7, 11) is 0. The summed E-state index contributed by atoms with van der Waals surface area (Å²) in [6.07, 6.45) is 1.75. The molecule has 0 aliphatic carbocycles. The Balaban J connectivity index is 1.15. The zero-order valence-electron chi connectivity index (χ0n) is 26.5. The molecule has 13 heteroatoms. The standard InChI is InChI=1S/C35H39Cl2F3N6O2/c36-31-5-1-6-32(37)30(31)22-45-16-14-44(15-17-45)21-24-18-28-29(25-7-9-27(10-8-25)48-35(38,39)40)23-46(33(28)43-19-24)13-3-12-42-34(47)26-4-2-11-41-20-26/h1,5-10,18-19,23,26,41H,2-4,11-17,20-22H2,(H,42,47). The van der Waals surface area contributed by atoms with Gasteiger partial charge in [0.1, 0.15) is 11.4 Å². The lowest BCUT2D eigenvalue weighted by molar-refractivity contribution is -0.274. The number of hydrogen-bond acceptors (Lipinski definition) is 6. The topological polar surface area (TPSA) is 74.7 Å². The molecule has 2 aromatic heterocycles. The van der Waals surface area contributed by atoms with Crippen LogP contribution in [0.5, 0.6) is 5.75 Å². The van der Waals surface area contributed by atoms with Gasteiger partial charge >= 0.3 is 6.36 Å². The van der Waals surface area contributed by atoms with Gasteiger partial charge in [0.2, 0.25) is 5.91 Å². The van der Waals surface area contributed by atoms with Crippen LogP contribution in [0.4, 0.5) is 13.2 Å². The van der Waals surface area contributed by atoms with Gasteiger partial charge < -0.3 is 19.9 Å². The Bertz CT molecular complexity index is 1680. The number of ether oxygens (including phenoxy) is 1. The average molecular weight is 704 g/mol. The first-order chi connectivity index (χ1) is 23.1. The highest BCUT2D eigenvalue weighted by molar-refractivity contribution is 6.35. The lowest BCUT2D eigenvalue weighted by Crippen LogP contribution is -2.45. The SMILES string of the molecule is O=C(NCCCn1cc(-c2ccc(OC(F)(F)F)cc2)c2cc(CN3CCN(Cc4c(Cl)cccc4Cl)CC3)cnc21)C1CCCNC1. The Hall–Kier alpha value is -3.35. The molecule has 2 fully saturated rings. The molecule has 4 aromatic rings. The Morgan fingerprint density at radius 3 is 2.40 bits per heavy atom. The predicted molar refractivity (Wildman–Crippen MR) is 182 cm³/mol. The smallest absolute Gasteiger partial charge is 0.406 e. The van der Waals surface area contributed by atoms with Crippen molar-refractivity contribution in [3.05, 3.63) is 82.1 Å². The highest BCUT2D eigenvalue weighted by Gasteiger charge is 2.31. The largest absolute Gasteiger partial charge is 0.573 e. The number of amides is 1. The molecule has 2 N–H and O–H groups in total. The Labute approximate surface area is 288 Å². The van der Waals surface area contributed by atoms with Gasteiger partial charge in [-0.1, -0.05) is 41.4 Å². The van der Waals surface area contributed by atoms with E-state index in [1.807, 2.05) is 30.6 Å². The molecule has 1 unspecified atom stereocenters. The maximum atomic E-state index is 12.8. The van der Waals surface area contributed by atoms with Gasteiger partial charge in [-0.15, -0.1) is 13.2 Å². The molecule has 1 atom stereocenters. The second-order valence-electron chi connectivity index (χ2n) is 12.5. The number of rotatable bonds is 11.